The highest BCUT2D eigenvalue weighted by Crippen LogP contribution is 2.46. The minimum absolute atomic E-state index is 0.147. The maximum atomic E-state index is 10.4. The molecule has 3 rings (SSSR count). The zero-order chi connectivity index (χ0) is 12.6. The van der Waals surface area contributed by atoms with Crippen molar-refractivity contribution in [1.82, 2.24) is 0 Å². The minimum atomic E-state index is -0.438. The van der Waals surface area contributed by atoms with Gasteiger partial charge in [0.05, 0.1) is 13.2 Å². The van der Waals surface area contributed by atoms with Gasteiger partial charge in [0, 0.05) is 12.0 Å². The zero-order valence-corrected chi connectivity index (χ0v) is 11.3. The molecule has 0 unspecified atom stereocenters. The Kier molecular flexibility index (Phi) is 3.16. The molecule has 1 fully saturated rings. The van der Waals surface area contributed by atoms with Crippen molar-refractivity contribution in [1.29, 1.82) is 0 Å². The minimum Gasteiger partial charge on any atom is -0.497 e. The first kappa shape index (κ1) is 12.2. The number of hydrogen-bond donors (Lipinski definition) is 1. The van der Waals surface area contributed by atoms with Gasteiger partial charge in [-0.05, 0) is 42.5 Å². The van der Waals surface area contributed by atoms with Gasteiger partial charge >= 0.3 is 0 Å². The summed E-state index contributed by atoms with van der Waals surface area (Å²) in [7, 11) is 1.64. The van der Waals surface area contributed by atoms with Gasteiger partial charge in [0.2, 0.25) is 0 Å². The van der Waals surface area contributed by atoms with Gasteiger partial charge in [-0.3, -0.25) is 0 Å². The maximum absolute atomic E-state index is 10.4. The monoisotopic (exact) mass is 266 g/mol. The molecule has 1 N–H and O–H groups in total. The molecule has 0 saturated carbocycles. The molecule has 98 valence electrons. The van der Waals surface area contributed by atoms with E-state index in [-0.39, 0.29) is 5.60 Å². The molecule has 1 aromatic carbocycles. The third-order valence-electron chi connectivity index (χ3n) is 3.87. The van der Waals surface area contributed by atoms with E-state index in [0.717, 1.165) is 41.4 Å². The summed E-state index contributed by atoms with van der Waals surface area (Å²) in [5, 5.41) is 10.4. The van der Waals surface area contributed by atoms with E-state index in [1.54, 1.807) is 7.11 Å². The number of aliphatic hydroxyl groups excluding tert-OH is 1. The molecule has 0 aliphatic carbocycles. The fourth-order valence-corrected chi connectivity index (χ4v) is 4.03. The van der Waals surface area contributed by atoms with Crippen LogP contribution in [0, 0.1) is 0 Å². The van der Waals surface area contributed by atoms with E-state index >= 15 is 0 Å². The number of benzene rings is 1. The van der Waals surface area contributed by atoms with Crippen LogP contribution in [0.15, 0.2) is 18.2 Å². The van der Waals surface area contributed by atoms with E-state index < -0.39 is 6.10 Å². The number of rotatable bonds is 1. The van der Waals surface area contributed by atoms with Crippen molar-refractivity contribution in [2.24, 2.45) is 0 Å². The second kappa shape index (κ2) is 4.67. The number of methoxy groups -OCH3 is 1. The van der Waals surface area contributed by atoms with Crippen molar-refractivity contribution in [3.63, 3.8) is 0 Å². The summed E-state index contributed by atoms with van der Waals surface area (Å²) in [5.74, 6) is 3.84. The Morgan fingerprint density at radius 1 is 1.39 bits per heavy atom. The van der Waals surface area contributed by atoms with E-state index in [1.165, 1.54) is 0 Å². The highest BCUT2D eigenvalue weighted by Gasteiger charge is 2.41. The molecule has 18 heavy (non-hydrogen) atoms. The van der Waals surface area contributed by atoms with Gasteiger partial charge in [0.25, 0.3) is 0 Å². The number of ether oxygens (including phenoxy) is 2. The van der Waals surface area contributed by atoms with Crippen LogP contribution in [0.1, 0.15) is 30.9 Å². The molecule has 1 saturated heterocycles. The molecule has 3 nitrogen and oxygen atoms in total. The standard InChI is InChI=1S/C14H18O3S/c1-16-10-2-3-13-11(8-10)12(15)9-14(17-13)4-6-18-7-5-14/h2-3,8,12,15H,4-7,9H2,1H3/t12-/m1/s1. The second-order valence-corrected chi connectivity index (χ2v) is 6.25. The molecule has 0 amide bonds. The highest BCUT2D eigenvalue weighted by atomic mass is 32.2. The molecule has 1 aromatic rings. The molecule has 1 atom stereocenters. The Labute approximate surface area is 111 Å². The predicted octanol–water partition coefficient (Wildman–Crippen LogP) is 2.78. The van der Waals surface area contributed by atoms with Gasteiger partial charge in [-0.2, -0.15) is 11.8 Å². The molecule has 2 heterocycles. The quantitative estimate of drug-likeness (QED) is 0.848. The fourth-order valence-electron chi connectivity index (χ4n) is 2.79. The number of thioether (sulfide) groups is 1. The lowest BCUT2D eigenvalue weighted by atomic mass is 9.84. The summed E-state index contributed by atoms with van der Waals surface area (Å²) >= 11 is 1.97. The predicted molar refractivity (Wildman–Crippen MR) is 72.5 cm³/mol. The lowest BCUT2D eigenvalue weighted by molar-refractivity contribution is -0.0199. The molecular weight excluding hydrogens is 248 g/mol. The van der Waals surface area contributed by atoms with Gasteiger partial charge < -0.3 is 14.6 Å². The van der Waals surface area contributed by atoms with Gasteiger partial charge in [0.1, 0.15) is 17.1 Å². The topological polar surface area (TPSA) is 38.7 Å². The first-order valence-electron chi connectivity index (χ1n) is 6.35. The SMILES string of the molecule is COc1ccc2c(c1)[C@H](O)CC1(CCSCC1)O2. The van der Waals surface area contributed by atoms with Crippen LogP contribution in [0.3, 0.4) is 0 Å². The molecule has 4 heteroatoms. The molecule has 0 radical (unpaired) electrons. The molecule has 0 bridgehead atoms. The highest BCUT2D eigenvalue weighted by molar-refractivity contribution is 7.99. The third-order valence-corrected chi connectivity index (χ3v) is 4.86. The van der Waals surface area contributed by atoms with Crippen LogP contribution in [0.5, 0.6) is 11.5 Å². The smallest absolute Gasteiger partial charge is 0.126 e. The number of aliphatic hydroxyl groups is 1. The summed E-state index contributed by atoms with van der Waals surface area (Å²) in [6, 6.07) is 5.69. The van der Waals surface area contributed by atoms with E-state index in [2.05, 4.69) is 0 Å². The van der Waals surface area contributed by atoms with E-state index in [0.29, 0.717) is 6.42 Å². The lowest BCUT2D eigenvalue weighted by Gasteiger charge is -2.43. The third kappa shape index (κ3) is 2.08. The van der Waals surface area contributed by atoms with Gasteiger partial charge in [-0.25, -0.2) is 0 Å². The van der Waals surface area contributed by atoms with Crippen LogP contribution in [-0.2, 0) is 0 Å². The Balaban J connectivity index is 1.92. The summed E-state index contributed by atoms with van der Waals surface area (Å²) in [6.07, 6.45) is 2.32. The Morgan fingerprint density at radius 2 is 2.17 bits per heavy atom. The fraction of sp³-hybridized carbons (Fsp3) is 0.571. The number of fused-ring (bicyclic) bond motifs is 1. The van der Waals surface area contributed by atoms with Crippen LogP contribution in [0.25, 0.3) is 0 Å². The Morgan fingerprint density at radius 3 is 2.89 bits per heavy atom. The van der Waals surface area contributed by atoms with E-state index in [9.17, 15) is 5.11 Å². The van der Waals surface area contributed by atoms with Crippen molar-refractivity contribution in [2.45, 2.75) is 31.0 Å². The van der Waals surface area contributed by atoms with Crippen LogP contribution in [-0.4, -0.2) is 29.3 Å². The lowest BCUT2D eigenvalue weighted by Crippen LogP contribution is -2.44. The van der Waals surface area contributed by atoms with Gasteiger partial charge in [0.15, 0.2) is 0 Å². The maximum Gasteiger partial charge on any atom is 0.126 e. The zero-order valence-electron chi connectivity index (χ0n) is 10.5. The first-order valence-corrected chi connectivity index (χ1v) is 7.51. The van der Waals surface area contributed by atoms with Gasteiger partial charge in [-0.15, -0.1) is 0 Å². The van der Waals surface area contributed by atoms with Crippen LogP contribution >= 0.6 is 11.8 Å². The number of hydrogen-bond acceptors (Lipinski definition) is 4. The van der Waals surface area contributed by atoms with E-state index in [4.69, 9.17) is 9.47 Å². The average molecular weight is 266 g/mol. The summed E-state index contributed by atoms with van der Waals surface area (Å²) in [6.45, 7) is 0. The van der Waals surface area contributed by atoms with Crippen molar-refractivity contribution in [3.8, 4) is 11.5 Å². The largest absolute Gasteiger partial charge is 0.497 e. The molecule has 2 aliphatic heterocycles. The second-order valence-electron chi connectivity index (χ2n) is 5.02. The van der Waals surface area contributed by atoms with E-state index in [1.807, 2.05) is 30.0 Å². The van der Waals surface area contributed by atoms with Crippen molar-refractivity contribution in [2.75, 3.05) is 18.6 Å². The Bertz CT molecular complexity index is 441. The molecular formula is C14H18O3S. The summed E-state index contributed by atoms with van der Waals surface area (Å²) in [4.78, 5) is 0. The van der Waals surface area contributed by atoms with Crippen molar-refractivity contribution in [3.05, 3.63) is 23.8 Å². The molecule has 0 aromatic heterocycles. The summed E-state index contributed by atoms with van der Waals surface area (Å²) < 4.78 is 11.4. The van der Waals surface area contributed by atoms with Crippen molar-refractivity contribution < 1.29 is 14.6 Å². The van der Waals surface area contributed by atoms with Crippen LogP contribution in [0.2, 0.25) is 0 Å². The summed E-state index contributed by atoms with van der Waals surface area (Å²) in [5.41, 5.74) is 0.713. The average Bonchev–Trinajstić information content (AvgIpc) is 2.39. The van der Waals surface area contributed by atoms with Crippen LogP contribution < -0.4 is 9.47 Å². The first-order chi connectivity index (χ1) is 8.72. The van der Waals surface area contributed by atoms with Crippen molar-refractivity contribution >= 4 is 11.8 Å². The van der Waals surface area contributed by atoms with Gasteiger partial charge in [-0.1, -0.05) is 0 Å². The molecule has 1 spiro atoms. The molecule has 2 aliphatic rings. The normalized spacial score (nSPS) is 25.3. The van der Waals surface area contributed by atoms with Crippen LogP contribution in [0.4, 0.5) is 0 Å². The Hall–Kier alpha value is -0.870.